The van der Waals surface area contributed by atoms with E-state index in [1.54, 1.807) is 11.8 Å². The van der Waals surface area contributed by atoms with E-state index in [0.717, 1.165) is 12.2 Å². The lowest BCUT2D eigenvalue weighted by Crippen LogP contribution is -2.43. The normalized spacial score (nSPS) is 16.7. The van der Waals surface area contributed by atoms with Gasteiger partial charge in [-0.2, -0.15) is 24.9 Å². The summed E-state index contributed by atoms with van der Waals surface area (Å²) >= 11 is 1.57. The molecule has 0 heterocycles. The van der Waals surface area contributed by atoms with Crippen molar-refractivity contribution in [2.24, 2.45) is 0 Å². The summed E-state index contributed by atoms with van der Waals surface area (Å²) in [5, 5.41) is 11.4. The van der Waals surface area contributed by atoms with E-state index in [2.05, 4.69) is 5.32 Å². The van der Waals surface area contributed by atoms with Gasteiger partial charge in [-0.15, -0.1) is 0 Å². The fourth-order valence-corrected chi connectivity index (χ4v) is 1.67. The molecule has 86 valence electrons. The third kappa shape index (κ3) is 5.72. The van der Waals surface area contributed by atoms with Crippen molar-refractivity contribution in [3.63, 3.8) is 0 Å². The molecule has 0 aliphatic heterocycles. The van der Waals surface area contributed by atoms with Gasteiger partial charge in [-0.3, -0.25) is 0 Å². The molecule has 0 bridgehead atoms. The minimum atomic E-state index is -4.52. The van der Waals surface area contributed by atoms with Crippen LogP contribution in [0.25, 0.3) is 0 Å². The number of hydrogen-bond acceptors (Lipinski definition) is 3. The molecule has 2 nitrogen and oxygen atoms in total. The molecule has 0 fully saturated rings. The minimum Gasteiger partial charge on any atom is -0.382 e. The number of thioether (sulfide) groups is 1. The van der Waals surface area contributed by atoms with E-state index in [-0.39, 0.29) is 6.04 Å². The van der Waals surface area contributed by atoms with Gasteiger partial charge < -0.3 is 10.4 Å². The molecule has 2 atom stereocenters. The van der Waals surface area contributed by atoms with Crippen molar-refractivity contribution in [2.45, 2.75) is 31.7 Å². The van der Waals surface area contributed by atoms with Gasteiger partial charge in [0.1, 0.15) is 0 Å². The molecule has 0 aromatic rings. The van der Waals surface area contributed by atoms with Gasteiger partial charge in [-0.25, -0.2) is 0 Å². The van der Waals surface area contributed by atoms with Crippen LogP contribution in [0.5, 0.6) is 0 Å². The second-order valence-corrected chi connectivity index (χ2v) is 3.94. The number of aliphatic hydroxyl groups excluding tert-OH is 1. The number of aliphatic hydroxyl groups is 1. The molecule has 0 spiro atoms. The Hall–Kier alpha value is 0.0600. The largest absolute Gasteiger partial charge is 0.415 e. The van der Waals surface area contributed by atoms with Crippen molar-refractivity contribution in [3.05, 3.63) is 0 Å². The van der Waals surface area contributed by atoms with E-state index in [1.165, 1.54) is 0 Å². The van der Waals surface area contributed by atoms with Crippen molar-refractivity contribution in [1.82, 2.24) is 5.32 Å². The number of hydrogen-bond donors (Lipinski definition) is 2. The topological polar surface area (TPSA) is 32.3 Å². The number of nitrogens with one attached hydrogen (secondary N) is 1. The van der Waals surface area contributed by atoms with Crippen LogP contribution in [0.15, 0.2) is 0 Å². The predicted molar refractivity (Wildman–Crippen MR) is 52.5 cm³/mol. The van der Waals surface area contributed by atoms with Crippen LogP contribution in [0.2, 0.25) is 0 Å². The highest BCUT2D eigenvalue weighted by Gasteiger charge is 2.37. The summed E-state index contributed by atoms with van der Waals surface area (Å²) in [5.41, 5.74) is 0. The SMILES string of the molecule is CCC(CSC)NCC(O)C(F)(F)F. The molecule has 0 aromatic heterocycles. The Bertz CT molecular complexity index is 154. The molecule has 0 aliphatic rings. The summed E-state index contributed by atoms with van der Waals surface area (Å²) in [7, 11) is 0. The Balaban J connectivity index is 3.79. The molecule has 0 saturated carbocycles. The second kappa shape index (κ2) is 6.53. The Morgan fingerprint density at radius 3 is 2.36 bits per heavy atom. The first kappa shape index (κ1) is 14.1. The summed E-state index contributed by atoms with van der Waals surface area (Å²) in [6.45, 7) is 1.47. The molecule has 14 heavy (non-hydrogen) atoms. The molecule has 0 rings (SSSR count). The first-order valence-electron chi connectivity index (χ1n) is 4.38. The smallest absolute Gasteiger partial charge is 0.382 e. The molecule has 2 unspecified atom stereocenters. The Morgan fingerprint density at radius 2 is 2.00 bits per heavy atom. The first-order chi connectivity index (χ1) is 6.41. The van der Waals surface area contributed by atoms with Gasteiger partial charge >= 0.3 is 6.18 Å². The highest BCUT2D eigenvalue weighted by Crippen LogP contribution is 2.19. The zero-order valence-corrected chi connectivity index (χ0v) is 9.08. The van der Waals surface area contributed by atoms with Crippen molar-refractivity contribution < 1.29 is 18.3 Å². The maximum absolute atomic E-state index is 11.9. The van der Waals surface area contributed by atoms with E-state index in [1.807, 2.05) is 13.2 Å². The highest BCUT2D eigenvalue weighted by molar-refractivity contribution is 7.98. The second-order valence-electron chi connectivity index (χ2n) is 3.03. The van der Waals surface area contributed by atoms with Gasteiger partial charge in [0, 0.05) is 18.3 Å². The quantitative estimate of drug-likeness (QED) is 0.729. The van der Waals surface area contributed by atoms with Crippen LogP contribution in [-0.2, 0) is 0 Å². The summed E-state index contributed by atoms with van der Waals surface area (Å²) in [4.78, 5) is 0. The summed E-state index contributed by atoms with van der Waals surface area (Å²) in [6, 6.07) is 0.0296. The highest BCUT2D eigenvalue weighted by atomic mass is 32.2. The van der Waals surface area contributed by atoms with Crippen LogP contribution in [0, 0.1) is 0 Å². The van der Waals surface area contributed by atoms with E-state index in [0.29, 0.717) is 0 Å². The van der Waals surface area contributed by atoms with E-state index in [9.17, 15) is 13.2 Å². The molecule has 0 aromatic carbocycles. The van der Waals surface area contributed by atoms with Crippen molar-refractivity contribution >= 4 is 11.8 Å². The molecule has 6 heteroatoms. The summed E-state index contributed by atoms with van der Waals surface area (Å²) in [5.74, 6) is 0.751. The van der Waals surface area contributed by atoms with Gasteiger partial charge in [0.15, 0.2) is 6.10 Å². The zero-order valence-electron chi connectivity index (χ0n) is 8.27. The first-order valence-corrected chi connectivity index (χ1v) is 5.78. The predicted octanol–water partition coefficient (Wildman–Crippen LogP) is 1.64. The van der Waals surface area contributed by atoms with Crippen LogP contribution in [0.4, 0.5) is 13.2 Å². The Labute approximate surface area is 86.3 Å². The number of rotatable bonds is 6. The van der Waals surface area contributed by atoms with Crippen LogP contribution in [0.3, 0.4) is 0 Å². The average molecular weight is 231 g/mol. The standard InChI is InChI=1S/C8H16F3NOS/c1-3-6(5-14-2)12-4-7(13)8(9,10)11/h6-7,12-13H,3-5H2,1-2H3. The molecule has 2 N–H and O–H groups in total. The van der Waals surface area contributed by atoms with E-state index in [4.69, 9.17) is 5.11 Å². The monoisotopic (exact) mass is 231 g/mol. The van der Waals surface area contributed by atoms with Gasteiger partial charge in [0.2, 0.25) is 0 Å². The van der Waals surface area contributed by atoms with E-state index < -0.39 is 18.8 Å². The van der Waals surface area contributed by atoms with Gasteiger partial charge in [0.25, 0.3) is 0 Å². The van der Waals surface area contributed by atoms with Crippen molar-refractivity contribution in [1.29, 1.82) is 0 Å². The molecular weight excluding hydrogens is 215 g/mol. The van der Waals surface area contributed by atoms with Crippen molar-refractivity contribution in [2.75, 3.05) is 18.6 Å². The van der Waals surface area contributed by atoms with Crippen LogP contribution in [-0.4, -0.2) is 42.0 Å². The van der Waals surface area contributed by atoms with Crippen LogP contribution >= 0.6 is 11.8 Å². The third-order valence-electron chi connectivity index (χ3n) is 1.84. The fraction of sp³-hybridized carbons (Fsp3) is 1.00. The van der Waals surface area contributed by atoms with Crippen LogP contribution in [0.1, 0.15) is 13.3 Å². The van der Waals surface area contributed by atoms with E-state index >= 15 is 0 Å². The van der Waals surface area contributed by atoms with Gasteiger partial charge in [-0.1, -0.05) is 6.92 Å². The average Bonchev–Trinajstić information content (AvgIpc) is 2.10. The molecule has 0 amide bonds. The molecule has 0 radical (unpaired) electrons. The molecular formula is C8H16F3NOS. The fourth-order valence-electron chi connectivity index (χ4n) is 0.916. The van der Waals surface area contributed by atoms with Crippen LogP contribution < -0.4 is 5.32 Å². The Morgan fingerprint density at radius 1 is 1.43 bits per heavy atom. The number of alkyl halides is 3. The third-order valence-corrected chi connectivity index (χ3v) is 2.57. The lowest BCUT2D eigenvalue weighted by Gasteiger charge is -2.20. The lowest BCUT2D eigenvalue weighted by molar-refractivity contribution is -0.202. The van der Waals surface area contributed by atoms with Crippen molar-refractivity contribution in [3.8, 4) is 0 Å². The molecule has 0 aliphatic carbocycles. The summed E-state index contributed by atoms with van der Waals surface area (Å²) in [6.07, 6.45) is -4.14. The van der Waals surface area contributed by atoms with Gasteiger partial charge in [-0.05, 0) is 12.7 Å². The maximum Gasteiger partial charge on any atom is 0.415 e. The Kier molecular flexibility index (Phi) is 6.55. The van der Waals surface area contributed by atoms with Gasteiger partial charge in [0.05, 0.1) is 0 Å². The number of halogens is 3. The summed E-state index contributed by atoms with van der Waals surface area (Å²) < 4.78 is 35.7. The lowest BCUT2D eigenvalue weighted by atomic mass is 10.2. The minimum absolute atomic E-state index is 0.0296. The maximum atomic E-state index is 11.9. The molecule has 0 saturated heterocycles. The zero-order chi connectivity index (χ0) is 11.2.